The fourth-order valence-electron chi connectivity index (χ4n) is 2.88. The molecule has 0 saturated heterocycles. The number of carboxylic acid groups (broad SMARTS) is 1. The van der Waals surface area contributed by atoms with Crippen molar-refractivity contribution in [2.45, 2.75) is 25.7 Å². The maximum Gasteiger partial charge on any atom is 0.307 e. The minimum Gasteiger partial charge on any atom is -0.497 e. The van der Waals surface area contributed by atoms with Crippen molar-refractivity contribution in [3.63, 3.8) is 0 Å². The number of aliphatic carboxylic acids is 1. The minimum atomic E-state index is -0.905. The molecule has 1 fully saturated rings. The Morgan fingerprint density at radius 1 is 1.14 bits per heavy atom. The predicted molar refractivity (Wildman–Crippen MR) is 81.3 cm³/mol. The molecule has 2 N–H and O–H groups in total. The molecule has 1 amide bonds. The van der Waals surface area contributed by atoms with Gasteiger partial charge in [-0.15, -0.1) is 0 Å². The summed E-state index contributed by atoms with van der Waals surface area (Å²) in [5.41, 5.74) is 0.488. The molecule has 6 heteroatoms. The van der Waals surface area contributed by atoms with Crippen LogP contribution in [0.1, 0.15) is 25.7 Å². The first-order chi connectivity index (χ1) is 10.6. The van der Waals surface area contributed by atoms with Crippen LogP contribution in [-0.4, -0.2) is 31.2 Å². The number of ether oxygens (including phenoxy) is 2. The molecule has 120 valence electrons. The standard InChI is InChI=1S/C16H21NO5/c1-21-10-7-8-14(22-2)13(9-10)17-15(18)11-5-3-4-6-12(11)16(19)20/h7-9,11-12H,3-6H2,1-2H3,(H,17,18)(H,19,20)/t11-,12+/m1/s1. The van der Waals surface area contributed by atoms with Crippen molar-refractivity contribution in [2.75, 3.05) is 19.5 Å². The maximum absolute atomic E-state index is 12.5. The Morgan fingerprint density at radius 2 is 1.82 bits per heavy atom. The molecule has 0 aliphatic heterocycles. The van der Waals surface area contributed by atoms with Crippen LogP contribution in [0.15, 0.2) is 18.2 Å². The summed E-state index contributed by atoms with van der Waals surface area (Å²) in [5, 5.41) is 12.1. The summed E-state index contributed by atoms with van der Waals surface area (Å²) in [6.07, 6.45) is 2.86. The van der Waals surface area contributed by atoms with Crippen LogP contribution < -0.4 is 14.8 Å². The third kappa shape index (κ3) is 3.50. The fraction of sp³-hybridized carbons (Fsp3) is 0.500. The summed E-state index contributed by atoms with van der Waals surface area (Å²) in [5.74, 6) is -1.21. The van der Waals surface area contributed by atoms with Crippen LogP contribution in [0, 0.1) is 11.8 Å². The molecule has 6 nitrogen and oxygen atoms in total. The molecular weight excluding hydrogens is 286 g/mol. The van der Waals surface area contributed by atoms with Gasteiger partial charge in [0.15, 0.2) is 0 Å². The molecule has 0 spiro atoms. The zero-order chi connectivity index (χ0) is 16.1. The van der Waals surface area contributed by atoms with Crippen molar-refractivity contribution >= 4 is 17.6 Å². The molecule has 1 saturated carbocycles. The third-order valence-corrected chi connectivity index (χ3v) is 4.08. The molecule has 2 rings (SSSR count). The second-order valence-electron chi connectivity index (χ2n) is 5.39. The molecule has 22 heavy (non-hydrogen) atoms. The first kappa shape index (κ1) is 16.1. The average Bonchev–Trinajstić information content (AvgIpc) is 2.54. The summed E-state index contributed by atoms with van der Waals surface area (Å²) < 4.78 is 10.4. The lowest BCUT2D eigenvalue weighted by Gasteiger charge is -2.27. The first-order valence-corrected chi connectivity index (χ1v) is 7.32. The molecule has 1 aromatic carbocycles. The Kier molecular flexibility index (Phi) is 5.25. The number of hydrogen-bond donors (Lipinski definition) is 2. The van der Waals surface area contributed by atoms with E-state index in [9.17, 15) is 14.7 Å². The number of carboxylic acids is 1. The quantitative estimate of drug-likeness (QED) is 0.873. The maximum atomic E-state index is 12.5. The molecule has 1 aromatic rings. The summed E-state index contributed by atoms with van der Waals surface area (Å²) in [6.45, 7) is 0. The van der Waals surface area contributed by atoms with Crippen LogP contribution in [0.5, 0.6) is 11.5 Å². The lowest BCUT2D eigenvalue weighted by atomic mass is 9.78. The van der Waals surface area contributed by atoms with Crippen molar-refractivity contribution in [1.82, 2.24) is 0 Å². The van der Waals surface area contributed by atoms with E-state index >= 15 is 0 Å². The topological polar surface area (TPSA) is 84.9 Å². The Bertz CT molecular complexity index is 557. The number of carbonyl (C=O) groups excluding carboxylic acids is 1. The van der Waals surface area contributed by atoms with Crippen LogP contribution in [0.2, 0.25) is 0 Å². The van der Waals surface area contributed by atoms with Gasteiger partial charge in [-0.2, -0.15) is 0 Å². The molecule has 0 unspecified atom stereocenters. The lowest BCUT2D eigenvalue weighted by molar-refractivity contribution is -0.147. The summed E-state index contributed by atoms with van der Waals surface area (Å²) in [6, 6.07) is 5.09. The largest absolute Gasteiger partial charge is 0.497 e. The number of anilines is 1. The third-order valence-electron chi connectivity index (χ3n) is 4.08. The average molecular weight is 307 g/mol. The molecular formula is C16H21NO5. The molecule has 0 radical (unpaired) electrons. The molecule has 0 bridgehead atoms. The Hall–Kier alpha value is -2.24. The van der Waals surface area contributed by atoms with Gasteiger partial charge in [0.2, 0.25) is 5.91 Å². The van der Waals surface area contributed by atoms with E-state index in [1.54, 1.807) is 18.2 Å². The van der Waals surface area contributed by atoms with E-state index in [2.05, 4.69) is 5.32 Å². The van der Waals surface area contributed by atoms with Gasteiger partial charge in [-0.3, -0.25) is 9.59 Å². The Balaban J connectivity index is 2.18. The molecule has 0 aromatic heterocycles. The van der Waals surface area contributed by atoms with Gasteiger partial charge in [-0.1, -0.05) is 12.8 Å². The zero-order valence-corrected chi connectivity index (χ0v) is 12.8. The van der Waals surface area contributed by atoms with E-state index in [-0.39, 0.29) is 5.91 Å². The number of hydrogen-bond acceptors (Lipinski definition) is 4. The zero-order valence-electron chi connectivity index (χ0n) is 12.8. The van der Waals surface area contributed by atoms with Crippen molar-refractivity contribution in [3.8, 4) is 11.5 Å². The lowest BCUT2D eigenvalue weighted by Crippen LogP contribution is -2.36. The number of rotatable bonds is 5. The fourth-order valence-corrected chi connectivity index (χ4v) is 2.88. The second-order valence-corrected chi connectivity index (χ2v) is 5.39. The highest BCUT2D eigenvalue weighted by molar-refractivity contribution is 5.96. The van der Waals surface area contributed by atoms with Crippen LogP contribution in [0.25, 0.3) is 0 Å². The second kappa shape index (κ2) is 7.15. The van der Waals surface area contributed by atoms with E-state index in [1.165, 1.54) is 14.2 Å². The van der Waals surface area contributed by atoms with E-state index in [0.29, 0.717) is 30.0 Å². The van der Waals surface area contributed by atoms with Gasteiger partial charge in [0.05, 0.1) is 31.7 Å². The highest BCUT2D eigenvalue weighted by Crippen LogP contribution is 2.34. The number of carbonyl (C=O) groups is 2. The van der Waals surface area contributed by atoms with Crippen LogP contribution in [0.3, 0.4) is 0 Å². The van der Waals surface area contributed by atoms with Crippen molar-refractivity contribution in [1.29, 1.82) is 0 Å². The Labute approximate surface area is 129 Å². The van der Waals surface area contributed by atoms with Gasteiger partial charge >= 0.3 is 5.97 Å². The minimum absolute atomic E-state index is 0.279. The predicted octanol–water partition coefficient (Wildman–Crippen LogP) is 2.53. The SMILES string of the molecule is COc1ccc(OC)c(NC(=O)[C@@H]2CCCC[C@@H]2C(=O)O)c1. The number of nitrogens with one attached hydrogen (secondary N) is 1. The molecule has 1 aliphatic rings. The van der Waals surface area contributed by atoms with Gasteiger partial charge < -0.3 is 19.9 Å². The molecule has 1 aliphatic carbocycles. The Morgan fingerprint density at radius 3 is 2.41 bits per heavy atom. The summed E-state index contributed by atoms with van der Waals surface area (Å²) in [4.78, 5) is 23.8. The van der Waals surface area contributed by atoms with Gasteiger partial charge in [-0.25, -0.2) is 0 Å². The van der Waals surface area contributed by atoms with Crippen molar-refractivity contribution < 1.29 is 24.2 Å². The number of methoxy groups -OCH3 is 2. The normalized spacial score (nSPS) is 21.0. The van der Waals surface area contributed by atoms with E-state index < -0.39 is 17.8 Å². The summed E-state index contributed by atoms with van der Waals surface area (Å²) in [7, 11) is 3.05. The van der Waals surface area contributed by atoms with Gasteiger partial charge in [0.1, 0.15) is 11.5 Å². The van der Waals surface area contributed by atoms with E-state index in [1.807, 2.05) is 0 Å². The van der Waals surface area contributed by atoms with Gasteiger partial charge in [0, 0.05) is 6.07 Å². The van der Waals surface area contributed by atoms with Crippen LogP contribution in [0.4, 0.5) is 5.69 Å². The monoisotopic (exact) mass is 307 g/mol. The van der Waals surface area contributed by atoms with Crippen molar-refractivity contribution in [2.24, 2.45) is 11.8 Å². The molecule has 2 atom stereocenters. The van der Waals surface area contributed by atoms with Crippen LogP contribution >= 0.6 is 0 Å². The van der Waals surface area contributed by atoms with E-state index in [4.69, 9.17) is 9.47 Å². The highest BCUT2D eigenvalue weighted by Gasteiger charge is 2.35. The smallest absolute Gasteiger partial charge is 0.307 e. The number of amides is 1. The number of benzene rings is 1. The van der Waals surface area contributed by atoms with Gasteiger partial charge in [-0.05, 0) is 25.0 Å². The molecule has 0 heterocycles. The first-order valence-electron chi connectivity index (χ1n) is 7.32. The summed E-state index contributed by atoms with van der Waals surface area (Å²) >= 11 is 0. The van der Waals surface area contributed by atoms with Gasteiger partial charge in [0.25, 0.3) is 0 Å². The van der Waals surface area contributed by atoms with Crippen molar-refractivity contribution in [3.05, 3.63) is 18.2 Å². The highest BCUT2D eigenvalue weighted by atomic mass is 16.5. The van der Waals surface area contributed by atoms with E-state index in [0.717, 1.165) is 12.8 Å². The van der Waals surface area contributed by atoms with Crippen LogP contribution in [-0.2, 0) is 9.59 Å².